The van der Waals surface area contributed by atoms with E-state index in [1.807, 2.05) is 24.5 Å². The Labute approximate surface area is 155 Å². The minimum atomic E-state index is -0.606. The molecule has 1 aromatic rings. The van der Waals surface area contributed by atoms with Crippen LogP contribution in [0.2, 0.25) is 0 Å². The lowest BCUT2D eigenvalue weighted by Gasteiger charge is -2.17. The number of amides is 3. The predicted molar refractivity (Wildman–Crippen MR) is 94.8 cm³/mol. The standard InChI is InChI=1S/C18H20N2O5S/c1-26-11-4-2-3-10(9-11)19-18(23)24-8-7-20-16(21)14-12-5-6-13(25-12)15(14)17(20)22/h2-4,9,12-15H,5-8H2,1H3,(H,19,23). The number of anilines is 1. The summed E-state index contributed by atoms with van der Waals surface area (Å²) in [6.45, 7) is 0.0591. The number of ether oxygens (including phenoxy) is 2. The summed E-state index contributed by atoms with van der Waals surface area (Å²) in [7, 11) is 0. The molecule has 138 valence electrons. The molecule has 3 amide bonds. The molecule has 7 nitrogen and oxygen atoms in total. The molecule has 0 aromatic heterocycles. The minimum absolute atomic E-state index is 0.0266. The van der Waals surface area contributed by atoms with Crippen LogP contribution in [0.3, 0.4) is 0 Å². The van der Waals surface area contributed by atoms with E-state index in [1.165, 1.54) is 4.90 Å². The largest absolute Gasteiger partial charge is 0.447 e. The van der Waals surface area contributed by atoms with Gasteiger partial charge in [-0.05, 0) is 37.3 Å². The molecule has 4 atom stereocenters. The van der Waals surface area contributed by atoms with Crippen LogP contribution in [0.15, 0.2) is 29.2 Å². The maximum atomic E-state index is 12.5. The van der Waals surface area contributed by atoms with E-state index in [0.717, 1.165) is 17.7 Å². The predicted octanol–water partition coefficient (Wildman–Crippen LogP) is 2.12. The van der Waals surface area contributed by atoms with E-state index in [4.69, 9.17) is 9.47 Å². The van der Waals surface area contributed by atoms with Crippen LogP contribution in [0.1, 0.15) is 12.8 Å². The van der Waals surface area contributed by atoms with Crippen molar-refractivity contribution in [3.63, 3.8) is 0 Å². The lowest BCUT2D eigenvalue weighted by atomic mass is 9.81. The smallest absolute Gasteiger partial charge is 0.411 e. The van der Waals surface area contributed by atoms with Crippen LogP contribution in [-0.2, 0) is 19.1 Å². The normalized spacial score (nSPS) is 29.2. The number of nitrogens with zero attached hydrogens (tertiary/aromatic N) is 1. The number of thioether (sulfide) groups is 1. The molecule has 26 heavy (non-hydrogen) atoms. The highest BCUT2D eigenvalue weighted by Crippen LogP contribution is 2.48. The second-order valence-corrected chi connectivity index (χ2v) is 7.54. The van der Waals surface area contributed by atoms with Gasteiger partial charge < -0.3 is 9.47 Å². The van der Waals surface area contributed by atoms with Crippen molar-refractivity contribution in [2.24, 2.45) is 11.8 Å². The number of fused-ring (bicyclic) bond motifs is 5. The van der Waals surface area contributed by atoms with E-state index in [9.17, 15) is 14.4 Å². The van der Waals surface area contributed by atoms with Gasteiger partial charge in [0, 0.05) is 10.6 Å². The number of likely N-dealkylation sites (tertiary alicyclic amines) is 1. The summed E-state index contributed by atoms with van der Waals surface area (Å²) < 4.78 is 10.8. The first-order chi connectivity index (χ1) is 12.6. The van der Waals surface area contributed by atoms with Gasteiger partial charge in [-0.3, -0.25) is 19.8 Å². The molecular formula is C18H20N2O5S. The third kappa shape index (κ3) is 2.97. The first-order valence-electron chi connectivity index (χ1n) is 8.67. The lowest BCUT2D eigenvalue weighted by molar-refractivity contribution is -0.143. The van der Waals surface area contributed by atoms with Crippen molar-refractivity contribution in [2.75, 3.05) is 24.7 Å². The van der Waals surface area contributed by atoms with Gasteiger partial charge in [-0.2, -0.15) is 0 Å². The van der Waals surface area contributed by atoms with E-state index in [0.29, 0.717) is 5.69 Å². The molecule has 1 N–H and O–H groups in total. The summed E-state index contributed by atoms with van der Waals surface area (Å²) in [5, 5.41) is 2.65. The van der Waals surface area contributed by atoms with Gasteiger partial charge in [0.25, 0.3) is 0 Å². The van der Waals surface area contributed by atoms with Gasteiger partial charge in [-0.15, -0.1) is 11.8 Å². The first kappa shape index (κ1) is 17.4. The maximum absolute atomic E-state index is 12.5. The van der Waals surface area contributed by atoms with Gasteiger partial charge in [-0.1, -0.05) is 6.07 Å². The molecule has 1 aromatic carbocycles. The van der Waals surface area contributed by atoms with Crippen molar-refractivity contribution in [1.82, 2.24) is 4.90 Å². The fraction of sp³-hybridized carbons (Fsp3) is 0.500. The summed E-state index contributed by atoms with van der Waals surface area (Å²) in [6, 6.07) is 7.40. The highest BCUT2D eigenvalue weighted by atomic mass is 32.2. The minimum Gasteiger partial charge on any atom is -0.447 e. The number of imide groups is 1. The number of hydrogen-bond donors (Lipinski definition) is 1. The molecule has 0 saturated carbocycles. The first-order valence-corrected chi connectivity index (χ1v) is 9.89. The second kappa shape index (κ2) is 6.92. The van der Waals surface area contributed by atoms with E-state index in [-0.39, 0.29) is 49.0 Å². The zero-order chi connectivity index (χ0) is 18.3. The molecule has 0 spiro atoms. The Morgan fingerprint density at radius 3 is 2.62 bits per heavy atom. The Morgan fingerprint density at radius 2 is 1.96 bits per heavy atom. The number of benzene rings is 1. The van der Waals surface area contributed by atoms with Crippen molar-refractivity contribution < 1.29 is 23.9 Å². The maximum Gasteiger partial charge on any atom is 0.411 e. The molecule has 0 radical (unpaired) electrons. The average molecular weight is 376 g/mol. The fourth-order valence-corrected chi connectivity index (χ4v) is 4.54. The molecule has 3 heterocycles. The van der Waals surface area contributed by atoms with Crippen LogP contribution in [0, 0.1) is 11.8 Å². The van der Waals surface area contributed by atoms with Crippen LogP contribution in [0.5, 0.6) is 0 Å². The van der Waals surface area contributed by atoms with Gasteiger partial charge >= 0.3 is 6.09 Å². The zero-order valence-electron chi connectivity index (χ0n) is 14.3. The topological polar surface area (TPSA) is 84.9 Å². The molecular weight excluding hydrogens is 356 g/mol. The number of carbonyl (C=O) groups excluding carboxylic acids is 3. The molecule has 3 fully saturated rings. The Bertz CT molecular complexity index is 727. The summed E-state index contributed by atoms with van der Waals surface area (Å²) in [6.07, 6.45) is 2.78. The third-order valence-corrected chi connectivity index (χ3v) is 5.97. The molecule has 3 aliphatic heterocycles. The molecule has 3 saturated heterocycles. The molecule has 8 heteroatoms. The quantitative estimate of drug-likeness (QED) is 0.626. The van der Waals surface area contributed by atoms with Crippen molar-refractivity contribution in [3.8, 4) is 0 Å². The number of nitrogens with one attached hydrogen (secondary N) is 1. The highest BCUT2D eigenvalue weighted by molar-refractivity contribution is 7.98. The summed E-state index contributed by atoms with van der Waals surface area (Å²) in [5.41, 5.74) is 0.637. The van der Waals surface area contributed by atoms with Crippen LogP contribution in [-0.4, -0.2) is 54.4 Å². The lowest BCUT2D eigenvalue weighted by Crippen LogP contribution is -2.37. The van der Waals surface area contributed by atoms with Crippen LogP contribution in [0.4, 0.5) is 10.5 Å². The van der Waals surface area contributed by atoms with Gasteiger partial charge in [0.1, 0.15) is 6.61 Å². The average Bonchev–Trinajstić information content (AvgIpc) is 3.31. The van der Waals surface area contributed by atoms with Crippen molar-refractivity contribution in [3.05, 3.63) is 24.3 Å². The Balaban J connectivity index is 1.29. The van der Waals surface area contributed by atoms with Gasteiger partial charge in [0.2, 0.25) is 11.8 Å². The molecule has 0 aliphatic carbocycles. The number of rotatable bonds is 5. The van der Waals surface area contributed by atoms with Crippen molar-refractivity contribution in [1.29, 1.82) is 0 Å². The van der Waals surface area contributed by atoms with Gasteiger partial charge in [0.05, 0.1) is 30.6 Å². The zero-order valence-corrected chi connectivity index (χ0v) is 15.2. The molecule has 3 aliphatic rings. The van der Waals surface area contributed by atoms with E-state index in [1.54, 1.807) is 17.8 Å². The SMILES string of the molecule is CSc1cccc(NC(=O)OCCN2C(=O)C3C4CCC(O4)C3C2=O)c1. The Hall–Kier alpha value is -2.06. The monoisotopic (exact) mass is 376 g/mol. The van der Waals surface area contributed by atoms with Crippen LogP contribution < -0.4 is 5.32 Å². The second-order valence-electron chi connectivity index (χ2n) is 6.66. The Kier molecular flexibility index (Phi) is 4.62. The number of hydrogen-bond acceptors (Lipinski definition) is 6. The third-order valence-electron chi connectivity index (χ3n) is 5.24. The Morgan fingerprint density at radius 1 is 1.27 bits per heavy atom. The van der Waals surface area contributed by atoms with Crippen molar-refractivity contribution in [2.45, 2.75) is 29.9 Å². The van der Waals surface area contributed by atoms with E-state index in [2.05, 4.69) is 5.32 Å². The van der Waals surface area contributed by atoms with Crippen molar-refractivity contribution >= 4 is 35.4 Å². The highest BCUT2D eigenvalue weighted by Gasteiger charge is 2.62. The fourth-order valence-electron chi connectivity index (χ4n) is 4.08. The summed E-state index contributed by atoms with van der Waals surface area (Å²) >= 11 is 1.57. The molecule has 2 bridgehead atoms. The van der Waals surface area contributed by atoms with Crippen LogP contribution in [0.25, 0.3) is 0 Å². The molecule has 4 unspecified atom stereocenters. The summed E-state index contributed by atoms with van der Waals surface area (Å²) in [4.78, 5) is 39.1. The number of carbonyl (C=O) groups is 3. The van der Waals surface area contributed by atoms with Gasteiger partial charge in [0.15, 0.2) is 0 Å². The molecule has 4 rings (SSSR count). The summed E-state index contributed by atoms with van der Waals surface area (Å²) in [5.74, 6) is -1.07. The van der Waals surface area contributed by atoms with E-state index >= 15 is 0 Å². The van der Waals surface area contributed by atoms with E-state index < -0.39 is 6.09 Å². The van der Waals surface area contributed by atoms with Crippen LogP contribution >= 0.6 is 11.8 Å². The van der Waals surface area contributed by atoms with Gasteiger partial charge in [-0.25, -0.2) is 4.79 Å².